The fraction of sp³-hybridized carbons (Fsp3) is 0.280. The highest BCUT2D eigenvalue weighted by Crippen LogP contribution is 2.34. The van der Waals surface area contributed by atoms with Gasteiger partial charge in [0.25, 0.3) is 10.0 Å². The van der Waals surface area contributed by atoms with Gasteiger partial charge in [0.15, 0.2) is 0 Å². The SMILES string of the molecule is COc1cccc2c1NC(CCc1cccc(NS(=O)(=O)c3ccc(C)cc3)c1)CC2. The molecule has 0 saturated carbocycles. The van der Waals surface area contributed by atoms with Gasteiger partial charge in [-0.25, -0.2) is 8.42 Å². The van der Waals surface area contributed by atoms with E-state index in [1.807, 2.05) is 37.3 Å². The van der Waals surface area contributed by atoms with Crippen LogP contribution in [-0.2, 0) is 22.9 Å². The third kappa shape index (κ3) is 5.02. The maximum atomic E-state index is 12.7. The fourth-order valence-corrected chi connectivity index (χ4v) is 5.05. The van der Waals surface area contributed by atoms with Crippen LogP contribution in [0.5, 0.6) is 5.75 Å². The van der Waals surface area contributed by atoms with Crippen molar-refractivity contribution < 1.29 is 13.2 Å². The zero-order valence-corrected chi connectivity index (χ0v) is 18.7. The van der Waals surface area contributed by atoms with Crippen LogP contribution in [0.3, 0.4) is 0 Å². The lowest BCUT2D eigenvalue weighted by atomic mass is 9.93. The Morgan fingerprint density at radius 1 is 1.06 bits per heavy atom. The van der Waals surface area contributed by atoms with Gasteiger partial charge in [-0.05, 0) is 74.1 Å². The van der Waals surface area contributed by atoms with Crippen molar-refractivity contribution in [3.63, 3.8) is 0 Å². The van der Waals surface area contributed by atoms with Crippen molar-refractivity contribution in [2.24, 2.45) is 0 Å². The average molecular weight is 437 g/mol. The van der Waals surface area contributed by atoms with E-state index in [1.165, 1.54) is 5.56 Å². The summed E-state index contributed by atoms with van der Waals surface area (Å²) < 4.78 is 33.5. The largest absolute Gasteiger partial charge is 0.495 e. The number of hydrogen-bond donors (Lipinski definition) is 2. The highest BCUT2D eigenvalue weighted by molar-refractivity contribution is 7.92. The molecule has 0 fully saturated rings. The lowest BCUT2D eigenvalue weighted by Gasteiger charge is -2.28. The van der Waals surface area contributed by atoms with E-state index in [9.17, 15) is 8.42 Å². The van der Waals surface area contributed by atoms with Crippen LogP contribution in [0.1, 0.15) is 29.5 Å². The van der Waals surface area contributed by atoms with Crippen LogP contribution < -0.4 is 14.8 Å². The number of rotatable bonds is 7. The van der Waals surface area contributed by atoms with Crippen molar-refractivity contribution in [3.05, 3.63) is 83.4 Å². The molecule has 0 aliphatic carbocycles. The Bertz CT molecular complexity index is 1140. The molecule has 0 bridgehead atoms. The monoisotopic (exact) mass is 436 g/mol. The van der Waals surface area contributed by atoms with Crippen LogP contribution in [0.4, 0.5) is 11.4 Å². The summed E-state index contributed by atoms with van der Waals surface area (Å²) in [5.41, 5.74) is 5.11. The van der Waals surface area contributed by atoms with E-state index >= 15 is 0 Å². The summed E-state index contributed by atoms with van der Waals surface area (Å²) in [6.45, 7) is 1.93. The van der Waals surface area contributed by atoms with Crippen molar-refractivity contribution in [2.75, 3.05) is 17.1 Å². The third-order valence-corrected chi connectivity index (χ3v) is 7.13. The van der Waals surface area contributed by atoms with Crippen molar-refractivity contribution >= 4 is 21.4 Å². The predicted octanol–water partition coefficient (Wildman–Crippen LogP) is 5.16. The Hall–Kier alpha value is -2.99. The first kappa shape index (κ1) is 21.2. The maximum absolute atomic E-state index is 12.7. The molecule has 1 aliphatic rings. The van der Waals surface area contributed by atoms with Gasteiger partial charge in [-0.15, -0.1) is 0 Å². The summed E-state index contributed by atoms with van der Waals surface area (Å²) in [5.74, 6) is 0.884. The fourth-order valence-electron chi connectivity index (χ4n) is 4.00. The molecule has 1 aliphatic heterocycles. The maximum Gasteiger partial charge on any atom is 0.261 e. The molecule has 4 rings (SSSR count). The standard InChI is InChI=1S/C25H28N2O3S/c1-18-9-15-23(16-10-18)31(28,29)27-22-7-3-5-19(17-22)11-13-21-14-12-20-6-4-8-24(30-2)25(20)26-21/h3-10,15-17,21,26-27H,11-14H2,1-2H3. The number of nitrogens with one attached hydrogen (secondary N) is 2. The zero-order valence-electron chi connectivity index (χ0n) is 17.9. The van der Waals surface area contributed by atoms with Crippen molar-refractivity contribution in [1.82, 2.24) is 0 Å². The topological polar surface area (TPSA) is 67.4 Å². The first-order valence-corrected chi connectivity index (χ1v) is 12.0. The van der Waals surface area contributed by atoms with Crippen molar-refractivity contribution in [2.45, 2.75) is 43.5 Å². The minimum Gasteiger partial charge on any atom is -0.495 e. The number of hydrogen-bond acceptors (Lipinski definition) is 4. The molecule has 0 spiro atoms. The predicted molar refractivity (Wildman–Crippen MR) is 125 cm³/mol. The van der Waals surface area contributed by atoms with Gasteiger partial charge >= 0.3 is 0 Å². The normalized spacial score (nSPS) is 15.6. The van der Waals surface area contributed by atoms with E-state index in [0.29, 0.717) is 11.7 Å². The summed E-state index contributed by atoms with van der Waals surface area (Å²) >= 11 is 0. The molecule has 2 N–H and O–H groups in total. The Morgan fingerprint density at radius 3 is 2.61 bits per heavy atom. The van der Waals surface area contributed by atoms with Gasteiger partial charge in [0.2, 0.25) is 0 Å². The van der Waals surface area contributed by atoms with Gasteiger partial charge in [0.05, 0.1) is 17.7 Å². The number of anilines is 2. The van der Waals surface area contributed by atoms with Crippen LogP contribution in [-0.4, -0.2) is 21.6 Å². The molecule has 0 aromatic heterocycles. The molecule has 6 heteroatoms. The lowest BCUT2D eigenvalue weighted by Crippen LogP contribution is -2.26. The van der Waals surface area contributed by atoms with E-state index < -0.39 is 10.0 Å². The van der Waals surface area contributed by atoms with Gasteiger partial charge in [-0.1, -0.05) is 42.0 Å². The smallest absolute Gasteiger partial charge is 0.261 e. The molecule has 0 amide bonds. The van der Waals surface area contributed by atoms with Crippen LogP contribution in [0.2, 0.25) is 0 Å². The lowest BCUT2D eigenvalue weighted by molar-refractivity contribution is 0.413. The van der Waals surface area contributed by atoms with Crippen LogP contribution in [0.25, 0.3) is 0 Å². The van der Waals surface area contributed by atoms with Crippen LogP contribution in [0.15, 0.2) is 71.6 Å². The Kier molecular flexibility index (Phi) is 6.18. The number of para-hydroxylation sites is 1. The van der Waals surface area contributed by atoms with E-state index in [0.717, 1.165) is 48.2 Å². The first-order chi connectivity index (χ1) is 14.9. The number of benzene rings is 3. The first-order valence-electron chi connectivity index (χ1n) is 10.6. The molecule has 162 valence electrons. The van der Waals surface area contributed by atoms with Gasteiger partial charge in [0, 0.05) is 11.7 Å². The highest BCUT2D eigenvalue weighted by atomic mass is 32.2. The van der Waals surface area contributed by atoms with E-state index in [4.69, 9.17) is 4.74 Å². The van der Waals surface area contributed by atoms with E-state index in [2.05, 4.69) is 16.1 Å². The Labute approximate surface area is 184 Å². The molecule has 0 radical (unpaired) electrons. The highest BCUT2D eigenvalue weighted by Gasteiger charge is 2.20. The van der Waals surface area contributed by atoms with Gasteiger partial charge in [-0.2, -0.15) is 0 Å². The summed E-state index contributed by atoms with van der Waals surface area (Å²) in [6, 6.07) is 21.0. The third-order valence-electron chi connectivity index (χ3n) is 5.73. The number of sulfonamides is 1. The molecule has 0 saturated heterocycles. The molecular formula is C25H28N2O3S. The Balaban J connectivity index is 1.41. The summed E-state index contributed by atoms with van der Waals surface area (Å²) in [7, 11) is -1.90. The van der Waals surface area contributed by atoms with E-state index in [-0.39, 0.29) is 4.90 Å². The number of ether oxygens (including phenoxy) is 1. The minimum atomic E-state index is -3.60. The molecular weight excluding hydrogens is 408 g/mol. The minimum absolute atomic E-state index is 0.266. The second-order valence-electron chi connectivity index (χ2n) is 8.03. The Morgan fingerprint density at radius 2 is 1.84 bits per heavy atom. The number of methoxy groups -OCH3 is 1. The molecule has 5 nitrogen and oxygen atoms in total. The van der Waals surface area contributed by atoms with Gasteiger partial charge < -0.3 is 10.1 Å². The second kappa shape index (κ2) is 9.02. The van der Waals surface area contributed by atoms with Gasteiger partial charge in [0.1, 0.15) is 5.75 Å². The molecule has 1 unspecified atom stereocenters. The van der Waals surface area contributed by atoms with Crippen LogP contribution >= 0.6 is 0 Å². The average Bonchev–Trinajstić information content (AvgIpc) is 2.77. The summed E-state index contributed by atoms with van der Waals surface area (Å²) in [5, 5.41) is 3.63. The molecule has 31 heavy (non-hydrogen) atoms. The van der Waals surface area contributed by atoms with Crippen molar-refractivity contribution in [3.8, 4) is 5.75 Å². The molecule has 1 heterocycles. The van der Waals surface area contributed by atoms with Gasteiger partial charge in [-0.3, -0.25) is 4.72 Å². The summed E-state index contributed by atoms with van der Waals surface area (Å²) in [4.78, 5) is 0.266. The zero-order chi connectivity index (χ0) is 21.8. The molecule has 3 aromatic rings. The number of fused-ring (bicyclic) bond motifs is 1. The quantitative estimate of drug-likeness (QED) is 0.537. The van der Waals surface area contributed by atoms with Crippen molar-refractivity contribution in [1.29, 1.82) is 0 Å². The number of aryl methyl sites for hydroxylation is 3. The van der Waals surface area contributed by atoms with E-state index in [1.54, 1.807) is 37.4 Å². The molecule has 3 aromatic carbocycles. The molecule has 1 atom stereocenters. The second-order valence-corrected chi connectivity index (χ2v) is 9.71. The van der Waals surface area contributed by atoms with Crippen LogP contribution in [0, 0.1) is 6.92 Å². The summed E-state index contributed by atoms with van der Waals surface area (Å²) in [6.07, 6.45) is 3.93.